The van der Waals surface area contributed by atoms with Gasteiger partial charge in [0.1, 0.15) is 5.82 Å². The van der Waals surface area contributed by atoms with Crippen molar-refractivity contribution in [3.8, 4) is 5.69 Å². The van der Waals surface area contributed by atoms with E-state index in [4.69, 9.17) is 0 Å². The van der Waals surface area contributed by atoms with E-state index >= 15 is 0 Å². The van der Waals surface area contributed by atoms with Crippen LogP contribution in [0.4, 0.5) is 4.39 Å². The molecule has 3 N–H and O–H groups in total. The van der Waals surface area contributed by atoms with Gasteiger partial charge in [-0.15, -0.1) is 0 Å². The van der Waals surface area contributed by atoms with Gasteiger partial charge in [0.15, 0.2) is 5.96 Å². The van der Waals surface area contributed by atoms with Gasteiger partial charge >= 0.3 is 0 Å². The number of hydrogen-bond donors (Lipinski definition) is 3. The lowest BCUT2D eigenvalue weighted by Crippen LogP contribution is -2.41. The Hall–Kier alpha value is -3.68. The fourth-order valence-electron chi connectivity index (χ4n) is 3.33. The summed E-state index contributed by atoms with van der Waals surface area (Å²) in [4.78, 5) is 16.8. The summed E-state index contributed by atoms with van der Waals surface area (Å²) in [6.45, 7) is 7.94. The van der Waals surface area contributed by atoms with Crippen LogP contribution in [0.1, 0.15) is 34.2 Å². The van der Waals surface area contributed by atoms with E-state index < -0.39 is 11.7 Å². The number of nitrogens with one attached hydrogen (secondary N) is 3. The zero-order valence-corrected chi connectivity index (χ0v) is 18.7. The average molecular weight is 437 g/mol. The molecule has 0 aliphatic heterocycles. The van der Waals surface area contributed by atoms with Gasteiger partial charge in [-0.1, -0.05) is 30.3 Å². The first-order valence-corrected chi connectivity index (χ1v) is 10.7. The normalized spacial score (nSPS) is 11.3. The van der Waals surface area contributed by atoms with Crippen molar-refractivity contribution in [2.45, 2.75) is 27.3 Å². The molecule has 0 saturated carbocycles. The third-order valence-electron chi connectivity index (χ3n) is 4.80. The molecule has 1 heterocycles. The van der Waals surface area contributed by atoms with Crippen molar-refractivity contribution in [3.05, 3.63) is 82.9 Å². The fraction of sp³-hybridized carbons (Fsp3) is 0.292. The van der Waals surface area contributed by atoms with Crippen molar-refractivity contribution < 1.29 is 9.18 Å². The summed E-state index contributed by atoms with van der Waals surface area (Å²) >= 11 is 0. The van der Waals surface area contributed by atoms with Crippen LogP contribution in [-0.4, -0.2) is 41.3 Å². The highest BCUT2D eigenvalue weighted by Gasteiger charge is 2.10. The van der Waals surface area contributed by atoms with Crippen molar-refractivity contribution in [1.29, 1.82) is 0 Å². The lowest BCUT2D eigenvalue weighted by Gasteiger charge is -2.13. The summed E-state index contributed by atoms with van der Waals surface area (Å²) in [5, 5.41) is 13.7. The highest BCUT2D eigenvalue weighted by Crippen LogP contribution is 2.17. The van der Waals surface area contributed by atoms with E-state index in [-0.39, 0.29) is 5.56 Å². The minimum absolute atomic E-state index is 0.0360. The third-order valence-corrected chi connectivity index (χ3v) is 4.80. The molecule has 0 radical (unpaired) electrons. The highest BCUT2D eigenvalue weighted by molar-refractivity contribution is 5.94. The minimum atomic E-state index is -0.533. The van der Waals surface area contributed by atoms with Crippen LogP contribution in [0.15, 0.2) is 59.6 Å². The number of amides is 1. The quantitative estimate of drug-likeness (QED) is 0.288. The van der Waals surface area contributed by atoms with E-state index in [1.807, 2.05) is 55.8 Å². The van der Waals surface area contributed by atoms with E-state index in [0.717, 1.165) is 22.6 Å². The summed E-state index contributed by atoms with van der Waals surface area (Å²) in [6, 6.07) is 16.0. The van der Waals surface area contributed by atoms with E-state index in [2.05, 4.69) is 26.0 Å². The molecule has 0 spiro atoms. The molecule has 168 valence electrons. The van der Waals surface area contributed by atoms with Gasteiger partial charge in [0, 0.05) is 25.3 Å². The number of aryl methyl sites for hydroxylation is 2. The number of nitrogens with zero attached hydrogens (tertiary/aromatic N) is 3. The van der Waals surface area contributed by atoms with Crippen LogP contribution in [0.5, 0.6) is 0 Å². The molecular formula is C24H29FN6O. The predicted molar refractivity (Wildman–Crippen MR) is 125 cm³/mol. The van der Waals surface area contributed by atoms with Gasteiger partial charge in [0.05, 0.1) is 23.5 Å². The first kappa shape index (κ1) is 23.0. The molecule has 0 aliphatic rings. The van der Waals surface area contributed by atoms with Crippen LogP contribution in [0.3, 0.4) is 0 Å². The predicted octanol–water partition coefficient (Wildman–Crippen LogP) is 3.11. The number of rotatable bonds is 8. The number of halogens is 1. The Morgan fingerprint density at radius 2 is 1.75 bits per heavy atom. The zero-order chi connectivity index (χ0) is 22.9. The second kappa shape index (κ2) is 11.1. The fourth-order valence-corrected chi connectivity index (χ4v) is 3.33. The third kappa shape index (κ3) is 5.94. The van der Waals surface area contributed by atoms with Crippen LogP contribution in [-0.2, 0) is 6.54 Å². The summed E-state index contributed by atoms with van der Waals surface area (Å²) in [5.74, 6) is -0.337. The number of benzene rings is 2. The maximum absolute atomic E-state index is 13.7. The van der Waals surface area contributed by atoms with Gasteiger partial charge < -0.3 is 16.0 Å². The van der Waals surface area contributed by atoms with E-state index in [0.29, 0.717) is 32.1 Å². The zero-order valence-electron chi connectivity index (χ0n) is 18.7. The molecular weight excluding hydrogens is 407 g/mol. The van der Waals surface area contributed by atoms with Crippen LogP contribution in [0.25, 0.3) is 5.69 Å². The molecule has 0 atom stereocenters. The number of guanidine groups is 1. The van der Waals surface area contributed by atoms with Gasteiger partial charge in [-0.25, -0.2) is 14.1 Å². The Morgan fingerprint density at radius 3 is 2.47 bits per heavy atom. The number of para-hydroxylation sites is 1. The Balaban J connectivity index is 1.61. The van der Waals surface area contributed by atoms with Crippen molar-refractivity contribution in [2.24, 2.45) is 4.99 Å². The summed E-state index contributed by atoms with van der Waals surface area (Å²) < 4.78 is 15.6. The van der Waals surface area contributed by atoms with Gasteiger partial charge in [-0.2, -0.15) is 5.10 Å². The number of aliphatic imine (C=N–C) groups is 1. The minimum Gasteiger partial charge on any atom is -0.357 e. The maximum atomic E-state index is 13.7. The molecule has 3 rings (SSSR count). The van der Waals surface area contributed by atoms with Gasteiger partial charge in [0.25, 0.3) is 5.91 Å². The molecule has 7 nitrogen and oxygen atoms in total. The topological polar surface area (TPSA) is 83.3 Å². The van der Waals surface area contributed by atoms with Gasteiger partial charge in [-0.05, 0) is 50.6 Å². The largest absolute Gasteiger partial charge is 0.357 e. The van der Waals surface area contributed by atoms with Crippen LogP contribution < -0.4 is 16.0 Å². The molecule has 0 unspecified atom stereocenters. The summed E-state index contributed by atoms with van der Waals surface area (Å²) in [6.07, 6.45) is 0. The van der Waals surface area contributed by atoms with E-state index in [1.54, 1.807) is 12.1 Å². The van der Waals surface area contributed by atoms with Crippen LogP contribution >= 0.6 is 0 Å². The number of aromatic nitrogens is 2. The van der Waals surface area contributed by atoms with Crippen molar-refractivity contribution >= 4 is 11.9 Å². The molecule has 1 aromatic heterocycles. The Labute approximate surface area is 187 Å². The van der Waals surface area contributed by atoms with Crippen molar-refractivity contribution in [2.75, 3.05) is 19.6 Å². The van der Waals surface area contributed by atoms with Gasteiger partial charge in [-0.3, -0.25) is 4.79 Å². The Kier molecular flexibility index (Phi) is 7.96. The second-order valence-electron chi connectivity index (χ2n) is 7.33. The lowest BCUT2D eigenvalue weighted by molar-refractivity contribution is 0.0950. The Bertz CT molecular complexity index is 1090. The number of carbonyl (C=O) groups is 1. The number of hydrogen-bond acceptors (Lipinski definition) is 3. The SMILES string of the molecule is CCNC(=NCc1ccccc1-n1nc(C)cc1C)NCCNC(=O)c1ccccc1F. The van der Waals surface area contributed by atoms with Gasteiger partial charge in [0.2, 0.25) is 0 Å². The maximum Gasteiger partial charge on any atom is 0.254 e. The lowest BCUT2D eigenvalue weighted by atomic mass is 10.2. The summed E-state index contributed by atoms with van der Waals surface area (Å²) in [5.41, 5.74) is 4.11. The molecule has 3 aromatic rings. The molecule has 0 bridgehead atoms. The Morgan fingerprint density at radius 1 is 1.03 bits per heavy atom. The molecule has 32 heavy (non-hydrogen) atoms. The standard InChI is InChI=1S/C24H29FN6O/c1-4-26-24(28-14-13-27-23(32)20-10-6-7-11-21(20)25)29-16-19-9-5-8-12-22(19)31-18(3)15-17(2)30-31/h5-12,15H,4,13-14,16H2,1-3H3,(H,27,32)(H2,26,28,29). The summed E-state index contributed by atoms with van der Waals surface area (Å²) in [7, 11) is 0. The van der Waals surface area contributed by atoms with Crippen molar-refractivity contribution in [3.63, 3.8) is 0 Å². The first-order valence-electron chi connectivity index (χ1n) is 10.7. The van der Waals surface area contributed by atoms with E-state index in [1.165, 1.54) is 12.1 Å². The molecule has 0 aliphatic carbocycles. The molecule has 1 amide bonds. The second-order valence-corrected chi connectivity index (χ2v) is 7.33. The molecule has 2 aromatic carbocycles. The average Bonchev–Trinajstić information content (AvgIpc) is 3.13. The molecule has 8 heteroatoms. The van der Waals surface area contributed by atoms with Crippen LogP contribution in [0.2, 0.25) is 0 Å². The van der Waals surface area contributed by atoms with E-state index in [9.17, 15) is 9.18 Å². The molecule has 0 fully saturated rings. The van der Waals surface area contributed by atoms with Crippen LogP contribution in [0, 0.1) is 19.7 Å². The molecule has 0 saturated heterocycles. The van der Waals surface area contributed by atoms with Crippen molar-refractivity contribution in [1.82, 2.24) is 25.7 Å². The monoisotopic (exact) mass is 436 g/mol. The number of carbonyl (C=O) groups excluding carboxylic acids is 1. The smallest absolute Gasteiger partial charge is 0.254 e. The first-order chi connectivity index (χ1) is 15.5. The highest BCUT2D eigenvalue weighted by atomic mass is 19.1.